The topological polar surface area (TPSA) is 93.7 Å². The van der Waals surface area contributed by atoms with Gasteiger partial charge in [0.05, 0.1) is 7.11 Å². The number of alkyl carbamates (subject to hydrolysis) is 1. The lowest BCUT2D eigenvalue weighted by Crippen LogP contribution is -2.55. The van der Waals surface area contributed by atoms with E-state index in [9.17, 15) is 14.4 Å². The summed E-state index contributed by atoms with van der Waals surface area (Å²) in [4.78, 5) is 37.2. The highest BCUT2D eigenvalue weighted by atomic mass is 16.6. The summed E-state index contributed by atoms with van der Waals surface area (Å²) in [6.45, 7) is 9.02. The van der Waals surface area contributed by atoms with Crippen LogP contribution in [0, 0.1) is 5.92 Å². The average Bonchev–Trinajstić information content (AvgIpc) is 2.63. The molecule has 0 aliphatic heterocycles. The van der Waals surface area contributed by atoms with Crippen LogP contribution in [0.1, 0.15) is 46.6 Å². The Hall–Kier alpha value is -2.57. The van der Waals surface area contributed by atoms with Crippen molar-refractivity contribution < 1.29 is 23.9 Å². The van der Waals surface area contributed by atoms with E-state index in [-0.39, 0.29) is 5.92 Å². The van der Waals surface area contributed by atoms with Gasteiger partial charge in [-0.2, -0.15) is 0 Å². The molecule has 0 saturated carbocycles. The molecule has 0 heterocycles. The van der Waals surface area contributed by atoms with Crippen molar-refractivity contribution in [1.82, 2.24) is 10.6 Å². The molecule has 7 heteroatoms. The van der Waals surface area contributed by atoms with Gasteiger partial charge in [0.15, 0.2) is 0 Å². The van der Waals surface area contributed by atoms with Crippen molar-refractivity contribution >= 4 is 18.0 Å². The minimum absolute atomic E-state index is 0.150. The first kappa shape index (κ1) is 23.5. The third kappa shape index (κ3) is 7.98. The molecule has 28 heavy (non-hydrogen) atoms. The normalized spacial score (nSPS) is 14.4. The number of carbonyl (C=O) groups excluding carboxylic acids is 3. The SMILES string of the molecule is CC[C@H](C)[C@H](NC(=O)OC(C)(C)C)C(=O)N[C@@H](Cc1ccccc1)C(=O)OC. The van der Waals surface area contributed by atoms with Crippen molar-refractivity contribution in [3.8, 4) is 0 Å². The molecule has 0 unspecified atom stereocenters. The maximum Gasteiger partial charge on any atom is 0.408 e. The zero-order chi connectivity index (χ0) is 21.3. The van der Waals surface area contributed by atoms with Crippen LogP contribution in [-0.2, 0) is 25.5 Å². The van der Waals surface area contributed by atoms with Crippen LogP contribution in [0.15, 0.2) is 30.3 Å². The number of methoxy groups -OCH3 is 1. The molecule has 0 spiro atoms. The minimum atomic E-state index is -0.855. The Morgan fingerprint density at radius 1 is 1.07 bits per heavy atom. The summed E-state index contributed by atoms with van der Waals surface area (Å²) in [7, 11) is 1.28. The Balaban J connectivity index is 2.92. The number of carbonyl (C=O) groups is 3. The second-order valence-corrected chi connectivity index (χ2v) is 7.78. The number of esters is 1. The second kappa shape index (κ2) is 10.7. The molecule has 3 atom stereocenters. The van der Waals surface area contributed by atoms with Crippen molar-refractivity contribution in [3.63, 3.8) is 0 Å². The molecule has 0 aromatic heterocycles. The molecule has 2 amide bonds. The fourth-order valence-electron chi connectivity index (χ4n) is 2.58. The van der Waals surface area contributed by atoms with E-state index in [4.69, 9.17) is 9.47 Å². The molecule has 1 aromatic carbocycles. The van der Waals surface area contributed by atoms with Gasteiger partial charge < -0.3 is 20.1 Å². The molecule has 1 rings (SSSR count). The van der Waals surface area contributed by atoms with Crippen molar-refractivity contribution in [3.05, 3.63) is 35.9 Å². The summed E-state index contributed by atoms with van der Waals surface area (Å²) >= 11 is 0. The molecule has 0 fully saturated rings. The second-order valence-electron chi connectivity index (χ2n) is 7.78. The van der Waals surface area contributed by atoms with Crippen molar-refractivity contribution in [2.45, 2.75) is 65.1 Å². The Bertz CT molecular complexity index is 655. The molecule has 0 saturated heterocycles. The molecule has 7 nitrogen and oxygen atoms in total. The van der Waals surface area contributed by atoms with E-state index in [0.29, 0.717) is 12.8 Å². The van der Waals surface area contributed by atoms with Gasteiger partial charge in [-0.3, -0.25) is 4.79 Å². The lowest BCUT2D eigenvalue weighted by atomic mass is 9.97. The standard InChI is InChI=1S/C21H32N2O5/c1-7-14(2)17(23-20(26)28-21(3,4)5)18(24)22-16(19(25)27-6)13-15-11-9-8-10-12-15/h8-12,14,16-17H,7,13H2,1-6H3,(H,22,24)(H,23,26)/t14-,16-,17-/m0/s1. The fourth-order valence-corrected chi connectivity index (χ4v) is 2.58. The molecule has 0 bridgehead atoms. The first-order valence-electron chi connectivity index (χ1n) is 9.49. The lowest BCUT2D eigenvalue weighted by Gasteiger charge is -2.27. The summed E-state index contributed by atoms with van der Waals surface area (Å²) in [5.74, 6) is -1.15. The highest BCUT2D eigenvalue weighted by Gasteiger charge is 2.31. The van der Waals surface area contributed by atoms with Gasteiger partial charge in [-0.15, -0.1) is 0 Å². The number of amides is 2. The van der Waals surface area contributed by atoms with Crippen LogP contribution in [0.5, 0.6) is 0 Å². The summed E-state index contributed by atoms with van der Waals surface area (Å²) in [6, 6.07) is 7.64. The van der Waals surface area contributed by atoms with Gasteiger partial charge in [-0.05, 0) is 32.3 Å². The number of benzene rings is 1. The van der Waals surface area contributed by atoms with Crippen LogP contribution in [0.3, 0.4) is 0 Å². The minimum Gasteiger partial charge on any atom is -0.467 e. The number of hydrogen-bond acceptors (Lipinski definition) is 5. The monoisotopic (exact) mass is 392 g/mol. The molecular formula is C21H32N2O5. The maximum absolute atomic E-state index is 12.9. The first-order chi connectivity index (χ1) is 13.1. The number of nitrogens with one attached hydrogen (secondary N) is 2. The Labute approximate surface area is 167 Å². The quantitative estimate of drug-likeness (QED) is 0.664. The van der Waals surface area contributed by atoms with Crippen LogP contribution >= 0.6 is 0 Å². The van der Waals surface area contributed by atoms with Crippen LogP contribution < -0.4 is 10.6 Å². The van der Waals surface area contributed by atoms with Crippen LogP contribution in [0.25, 0.3) is 0 Å². The number of rotatable bonds is 8. The summed E-state index contributed by atoms with van der Waals surface area (Å²) in [5, 5.41) is 5.34. The molecule has 2 N–H and O–H groups in total. The summed E-state index contributed by atoms with van der Waals surface area (Å²) < 4.78 is 10.1. The zero-order valence-electron chi connectivity index (χ0n) is 17.6. The van der Waals surface area contributed by atoms with Gasteiger partial charge in [0.25, 0.3) is 0 Å². The van der Waals surface area contributed by atoms with Gasteiger partial charge in [0, 0.05) is 6.42 Å². The highest BCUT2D eigenvalue weighted by Crippen LogP contribution is 2.12. The number of ether oxygens (including phenoxy) is 2. The molecule has 0 radical (unpaired) electrons. The van der Waals surface area contributed by atoms with Crippen LogP contribution in [-0.4, -0.2) is 42.8 Å². The van der Waals surface area contributed by atoms with E-state index < -0.39 is 35.7 Å². The smallest absolute Gasteiger partial charge is 0.408 e. The van der Waals surface area contributed by atoms with E-state index in [1.807, 2.05) is 44.2 Å². The van der Waals surface area contributed by atoms with E-state index in [1.54, 1.807) is 20.8 Å². The van der Waals surface area contributed by atoms with E-state index in [2.05, 4.69) is 10.6 Å². The highest BCUT2D eigenvalue weighted by molar-refractivity contribution is 5.90. The van der Waals surface area contributed by atoms with Crippen molar-refractivity contribution in [2.75, 3.05) is 7.11 Å². The summed E-state index contributed by atoms with van der Waals surface area (Å²) in [5.41, 5.74) is 0.209. The number of hydrogen-bond donors (Lipinski definition) is 2. The van der Waals surface area contributed by atoms with E-state index >= 15 is 0 Å². The van der Waals surface area contributed by atoms with E-state index in [1.165, 1.54) is 7.11 Å². The van der Waals surface area contributed by atoms with Crippen LogP contribution in [0.2, 0.25) is 0 Å². The van der Waals surface area contributed by atoms with Crippen LogP contribution in [0.4, 0.5) is 4.79 Å². The predicted molar refractivity (Wildman–Crippen MR) is 107 cm³/mol. The molecule has 0 aliphatic carbocycles. The Morgan fingerprint density at radius 3 is 2.18 bits per heavy atom. The average molecular weight is 392 g/mol. The van der Waals surface area contributed by atoms with Gasteiger partial charge in [-0.1, -0.05) is 50.6 Å². The molecular weight excluding hydrogens is 360 g/mol. The Kier molecular flexibility index (Phi) is 8.96. The molecule has 1 aromatic rings. The fraction of sp³-hybridized carbons (Fsp3) is 0.571. The summed E-state index contributed by atoms with van der Waals surface area (Å²) in [6.07, 6.45) is 0.277. The largest absolute Gasteiger partial charge is 0.467 e. The lowest BCUT2D eigenvalue weighted by molar-refractivity contribution is -0.145. The third-order valence-corrected chi connectivity index (χ3v) is 4.25. The van der Waals surface area contributed by atoms with Gasteiger partial charge in [-0.25, -0.2) is 9.59 Å². The van der Waals surface area contributed by atoms with E-state index in [0.717, 1.165) is 5.56 Å². The molecule has 0 aliphatic rings. The van der Waals surface area contributed by atoms with Gasteiger partial charge in [0.2, 0.25) is 5.91 Å². The maximum atomic E-state index is 12.9. The van der Waals surface area contributed by atoms with Crippen molar-refractivity contribution in [1.29, 1.82) is 0 Å². The third-order valence-electron chi connectivity index (χ3n) is 4.25. The molecule has 156 valence electrons. The predicted octanol–water partition coefficient (Wildman–Crippen LogP) is 2.83. The van der Waals surface area contributed by atoms with Crippen molar-refractivity contribution in [2.24, 2.45) is 5.92 Å². The van der Waals surface area contributed by atoms with Gasteiger partial charge >= 0.3 is 12.1 Å². The zero-order valence-corrected chi connectivity index (χ0v) is 17.6. The first-order valence-corrected chi connectivity index (χ1v) is 9.49. The Morgan fingerprint density at radius 2 is 1.68 bits per heavy atom. The van der Waals surface area contributed by atoms with Gasteiger partial charge in [0.1, 0.15) is 17.7 Å².